The quantitative estimate of drug-likeness (QED) is 0.847. The first-order valence-electron chi connectivity index (χ1n) is 5.79. The van der Waals surface area contributed by atoms with Gasteiger partial charge in [0, 0.05) is 12.3 Å². The molecule has 0 spiro atoms. The lowest BCUT2D eigenvalue weighted by Crippen LogP contribution is -2.23. The van der Waals surface area contributed by atoms with Crippen molar-refractivity contribution in [3.05, 3.63) is 28.2 Å². The summed E-state index contributed by atoms with van der Waals surface area (Å²) in [5.41, 5.74) is 0.916. The van der Waals surface area contributed by atoms with Gasteiger partial charge in [0.05, 0.1) is 26.8 Å². The van der Waals surface area contributed by atoms with Crippen molar-refractivity contribution < 1.29 is 4.79 Å². The van der Waals surface area contributed by atoms with Crippen LogP contribution < -0.4 is 0 Å². The van der Waals surface area contributed by atoms with Crippen LogP contribution in [0.25, 0.3) is 10.2 Å². The molecule has 1 atom stereocenters. The van der Waals surface area contributed by atoms with E-state index < -0.39 is 0 Å². The van der Waals surface area contributed by atoms with Crippen molar-refractivity contribution in [1.29, 1.82) is 0 Å². The average Bonchev–Trinajstić information content (AvgIpc) is 2.76. The second kappa shape index (κ2) is 4.78. The Balaban J connectivity index is 1.89. The molecular weight excluding hydrogens is 268 g/mol. The molecular formula is C13H11ClN2OS. The molecule has 0 bridgehead atoms. The molecule has 0 fully saturated rings. The number of hydrogen-bond acceptors (Lipinski definition) is 4. The summed E-state index contributed by atoms with van der Waals surface area (Å²) < 4.78 is 1.01. The highest BCUT2D eigenvalue weighted by Gasteiger charge is 2.22. The van der Waals surface area contributed by atoms with Gasteiger partial charge in [0.2, 0.25) is 0 Å². The zero-order chi connectivity index (χ0) is 12.5. The van der Waals surface area contributed by atoms with Crippen molar-refractivity contribution in [2.24, 2.45) is 10.9 Å². The van der Waals surface area contributed by atoms with Gasteiger partial charge in [-0.2, -0.15) is 0 Å². The number of thiazole rings is 1. The fourth-order valence-electron chi connectivity index (χ4n) is 2.07. The lowest BCUT2D eigenvalue weighted by Gasteiger charge is -2.13. The number of ketones is 1. The minimum absolute atomic E-state index is 0.0295. The first-order valence-corrected chi connectivity index (χ1v) is 6.98. The van der Waals surface area contributed by atoms with E-state index in [2.05, 4.69) is 9.98 Å². The first-order chi connectivity index (χ1) is 8.74. The van der Waals surface area contributed by atoms with Crippen LogP contribution in [0.1, 0.15) is 11.4 Å². The Bertz CT molecular complexity index is 635. The van der Waals surface area contributed by atoms with E-state index in [-0.39, 0.29) is 11.7 Å². The Morgan fingerprint density at radius 2 is 2.33 bits per heavy atom. The van der Waals surface area contributed by atoms with Crippen LogP contribution in [0.2, 0.25) is 5.02 Å². The Kier molecular flexibility index (Phi) is 3.14. The molecule has 1 aromatic heterocycles. The van der Waals surface area contributed by atoms with E-state index in [0.717, 1.165) is 26.7 Å². The number of hydrogen-bond donors (Lipinski definition) is 0. The van der Waals surface area contributed by atoms with E-state index in [1.807, 2.05) is 24.4 Å². The van der Waals surface area contributed by atoms with Gasteiger partial charge in [-0.25, -0.2) is 4.98 Å². The molecule has 1 aliphatic heterocycles. The van der Waals surface area contributed by atoms with E-state index in [9.17, 15) is 4.79 Å². The largest absolute Gasteiger partial charge is 0.297 e. The lowest BCUT2D eigenvalue weighted by molar-refractivity contribution is -0.121. The van der Waals surface area contributed by atoms with Crippen LogP contribution in [0.5, 0.6) is 0 Å². The fourth-order valence-corrected chi connectivity index (χ4v) is 3.41. The Labute approximate surface area is 114 Å². The molecule has 2 heterocycles. The van der Waals surface area contributed by atoms with Gasteiger partial charge in [-0.15, -0.1) is 11.3 Å². The second-order valence-corrected chi connectivity index (χ2v) is 5.81. The molecule has 0 radical (unpaired) electrons. The molecule has 1 unspecified atom stereocenters. The number of nitrogens with zero attached hydrogens (tertiary/aromatic N) is 2. The molecule has 18 heavy (non-hydrogen) atoms. The number of carbonyl (C=O) groups excluding carboxylic acids is 1. The molecule has 3 rings (SSSR count). The fraction of sp³-hybridized carbons (Fsp3) is 0.308. The number of halogens is 1. The molecule has 5 heteroatoms. The van der Waals surface area contributed by atoms with Crippen LogP contribution >= 0.6 is 22.9 Å². The molecule has 1 aromatic carbocycles. The van der Waals surface area contributed by atoms with Gasteiger partial charge >= 0.3 is 0 Å². The summed E-state index contributed by atoms with van der Waals surface area (Å²) in [5.74, 6) is 0.240. The van der Waals surface area contributed by atoms with Crippen molar-refractivity contribution in [2.45, 2.75) is 12.8 Å². The average molecular weight is 279 g/mol. The monoisotopic (exact) mass is 278 g/mol. The van der Waals surface area contributed by atoms with Gasteiger partial charge in [-0.1, -0.05) is 17.7 Å². The van der Waals surface area contributed by atoms with Crippen molar-refractivity contribution in [3.8, 4) is 0 Å². The number of rotatable bonds is 2. The second-order valence-electron chi connectivity index (χ2n) is 4.32. The van der Waals surface area contributed by atoms with Gasteiger partial charge in [0.1, 0.15) is 0 Å². The van der Waals surface area contributed by atoms with Gasteiger partial charge in [-0.05, 0) is 24.8 Å². The summed E-state index contributed by atoms with van der Waals surface area (Å²) in [6, 6.07) is 5.71. The standard InChI is InChI=1S/C13H11ClN2OS/c14-9-2-1-3-10-13(9)18-12(16-10)6-8-4-5-15-7-11(8)17/h1-3,5,8H,4,6-7H2. The van der Waals surface area contributed by atoms with Crippen LogP contribution in [0.3, 0.4) is 0 Å². The molecule has 1 aliphatic rings. The van der Waals surface area contributed by atoms with Crippen LogP contribution in [0, 0.1) is 5.92 Å². The van der Waals surface area contributed by atoms with E-state index >= 15 is 0 Å². The van der Waals surface area contributed by atoms with Gasteiger partial charge in [-0.3, -0.25) is 9.79 Å². The predicted molar refractivity (Wildman–Crippen MR) is 74.8 cm³/mol. The molecule has 3 nitrogen and oxygen atoms in total. The van der Waals surface area contributed by atoms with Crippen molar-refractivity contribution in [1.82, 2.24) is 4.98 Å². The number of aromatic nitrogens is 1. The lowest BCUT2D eigenvalue weighted by atomic mass is 9.95. The minimum atomic E-state index is 0.0295. The van der Waals surface area contributed by atoms with E-state index in [0.29, 0.717) is 13.0 Å². The maximum absolute atomic E-state index is 11.7. The highest BCUT2D eigenvalue weighted by atomic mass is 35.5. The highest BCUT2D eigenvalue weighted by Crippen LogP contribution is 2.30. The summed E-state index contributed by atoms with van der Waals surface area (Å²) in [7, 11) is 0. The minimum Gasteiger partial charge on any atom is -0.297 e. The van der Waals surface area contributed by atoms with E-state index in [1.165, 1.54) is 0 Å². The van der Waals surface area contributed by atoms with Crippen LogP contribution in [0.4, 0.5) is 0 Å². The topological polar surface area (TPSA) is 42.3 Å². The first kappa shape index (κ1) is 11.8. The van der Waals surface area contributed by atoms with Crippen LogP contribution in [0.15, 0.2) is 23.2 Å². The van der Waals surface area contributed by atoms with Crippen molar-refractivity contribution >= 4 is 45.2 Å². The summed E-state index contributed by atoms with van der Waals surface area (Å²) in [5, 5.41) is 1.71. The van der Waals surface area contributed by atoms with Crippen molar-refractivity contribution in [2.75, 3.05) is 6.54 Å². The molecule has 92 valence electrons. The molecule has 0 N–H and O–H groups in total. The summed E-state index contributed by atoms with van der Waals surface area (Å²) in [4.78, 5) is 20.3. The molecule has 2 aromatic rings. The zero-order valence-corrected chi connectivity index (χ0v) is 11.2. The Morgan fingerprint density at radius 3 is 3.11 bits per heavy atom. The number of carbonyl (C=O) groups is 1. The third-order valence-electron chi connectivity index (χ3n) is 3.05. The Hall–Kier alpha value is -1.26. The number of aliphatic imine (C=N–C) groups is 1. The maximum atomic E-state index is 11.7. The molecule has 0 aliphatic carbocycles. The molecule has 0 amide bonds. The SMILES string of the molecule is O=C1CN=CCC1Cc1nc2cccc(Cl)c2s1. The number of benzene rings is 1. The van der Waals surface area contributed by atoms with Gasteiger partial charge in [0.15, 0.2) is 5.78 Å². The zero-order valence-electron chi connectivity index (χ0n) is 9.60. The van der Waals surface area contributed by atoms with Crippen molar-refractivity contribution in [3.63, 3.8) is 0 Å². The number of fused-ring (bicyclic) bond motifs is 1. The molecule has 0 saturated carbocycles. The van der Waals surface area contributed by atoms with Gasteiger partial charge < -0.3 is 0 Å². The summed E-state index contributed by atoms with van der Waals surface area (Å²) in [6.45, 7) is 0.316. The third kappa shape index (κ3) is 2.18. The van der Waals surface area contributed by atoms with Crippen LogP contribution in [-0.4, -0.2) is 23.5 Å². The van der Waals surface area contributed by atoms with Crippen LogP contribution in [-0.2, 0) is 11.2 Å². The Morgan fingerprint density at radius 1 is 1.44 bits per heavy atom. The number of Topliss-reactive ketones (excluding diaryl/α,β-unsaturated/α-hetero) is 1. The predicted octanol–water partition coefficient (Wildman–Crippen LogP) is 3.15. The highest BCUT2D eigenvalue weighted by molar-refractivity contribution is 7.19. The maximum Gasteiger partial charge on any atom is 0.158 e. The summed E-state index contributed by atoms with van der Waals surface area (Å²) in [6.07, 6.45) is 3.26. The molecule has 0 saturated heterocycles. The van der Waals surface area contributed by atoms with E-state index in [1.54, 1.807) is 11.3 Å². The van der Waals surface area contributed by atoms with Gasteiger partial charge in [0.25, 0.3) is 0 Å². The van der Waals surface area contributed by atoms with E-state index in [4.69, 9.17) is 11.6 Å². The normalized spacial score (nSPS) is 19.6. The smallest absolute Gasteiger partial charge is 0.158 e. The third-order valence-corrected chi connectivity index (χ3v) is 4.61. The summed E-state index contributed by atoms with van der Waals surface area (Å²) >= 11 is 7.70.